The summed E-state index contributed by atoms with van der Waals surface area (Å²) >= 11 is 0. The smallest absolute Gasteiger partial charge is 0.262 e. The van der Waals surface area contributed by atoms with E-state index in [-0.39, 0.29) is 5.91 Å². The molecule has 0 aliphatic carbocycles. The number of hydrogen-bond donors (Lipinski definition) is 0. The largest absolute Gasteiger partial charge is 0.378 e. The number of fused-ring (bicyclic) bond motifs is 1. The van der Waals surface area contributed by atoms with Crippen molar-refractivity contribution < 1.29 is 9.53 Å². The Bertz CT molecular complexity index is 1100. The summed E-state index contributed by atoms with van der Waals surface area (Å²) in [7, 11) is 0. The number of amides is 1. The predicted octanol–water partition coefficient (Wildman–Crippen LogP) is 3.28. The summed E-state index contributed by atoms with van der Waals surface area (Å²) in [6, 6.07) is 10.1. The molecule has 0 bridgehead atoms. The van der Waals surface area contributed by atoms with Crippen molar-refractivity contribution in [1.82, 2.24) is 15.0 Å². The lowest BCUT2D eigenvalue weighted by molar-refractivity contribution is 0.0985. The zero-order chi connectivity index (χ0) is 21.2. The number of aryl methyl sites for hydroxylation is 2. The maximum absolute atomic E-state index is 13.7. The van der Waals surface area contributed by atoms with Gasteiger partial charge < -0.3 is 14.5 Å². The molecule has 0 radical (unpaired) electrons. The molecular weight excluding hydrogens is 390 g/mol. The molecule has 2 aromatic heterocycles. The fraction of sp³-hybridized carbons (Fsp3) is 0.333. The summed E-state index contributed by atoms with van der Waals surface area (Å²) in [4.78, 5) is 31.3. The van der Waals surface area contributed by atoms with Crippen molar-refractivity contribution in [3.8, 4) is 11.3 Å². The molecule has 5 rings (SSSR count). The summed E-state index contributed by atoms with van der Waals surface area (Å²) in [6.45, 7) is 5.54. The lowest BCUT2D eigenvalue weighted by atomic mass is 9.98. The Balaban J connectivity index is 1.56. The van der Waals surface area contributed by atoms with Crippen molar-refractivity contribution in [3.05, 3.63) is 65.6 Å². The van der Waals surface area contributed by atoms with E-state index in [2.05, 4.69) is 40.0 Å². The first-order chi connectivity index (χ1) is 15.2. The molecule has 7 heteroatoms. The third-order valence-electron chi connectivity index (χ3n) is 5.83. The number of aromatic nitrogens is 3. The Morgan fingerprint density at radius 2 is 1.97 bits per heavy atom. The van der Waals surface area contributed by atoms with Gasteiger partial charge in [-0.05, 0) is 43.5 Å². The first-order valence-corrected chi connectivity index (χ1v) is 10.7. The van der Waals surface area contributed by atoms with Gasteiger partial charge in [-0.1, -0.05) is 17.7 Å². The Morgan fingerprint density at radius 1 is 1.10 bits per heavy atom. The summed E-state index contributed by atoms with van der Waals surface area (Å²) in [6.07, 6.45) is 7.07. The Hall–Kier alpha value is -3.32. The average molecular weight is 415 g/mol. The third kappa shape index (κ3) is 3.88. The van der Waals surface area contributed by atoms with Crippen LogP contribution in [0.5, 0.6) is 0 Å². The number of hydrogen-bond acceptors (Lipinski definition) is 6. The second-order valence-electron chi connectivity index (χ2n) is 7.97. The van der Waals surface area contributed by atoms with Crippen molar-refractivity contribution >= 4 is 17.5 Å². The highest BCUT2D eigenvalue weighted by atomic mass is 16.5. The van der Waals surface area contributed by atoms with Crippen molar-refractivity contribution in [2.75, 3.05) is 42.6 Å². The number of nitrogens with zero attached hydrogens (tertiary/aromatic N) is 5. The molecule has 158 valence electrons. The van der Waals surface area contributed by atoms with Gasteiger partial charge in [-0.15, -0.1) is 0 Å². The van der Waals surface area contributed by atoms with Crippen LogP contribution in [0.3, 0.4) is 0 Å². The summed E-state index contributed by atoms with van der Waals surface area (Å²) in [5.41, 5.74) is 5.34. The zero-order valence-electron chi connectivity index (χ0n) is 17.6. The summed E-state index contributed by atoms with van der Waals surface area (Å²) in [5.74, 6) is 0.547. The lowest BCUT2D eigenvalue weighted by Gasteiger charge is -2.31. The second kappa shape index (κ2) is 8.43. The van der Waals surface area contributed by atoms with Gasteiger partial charge in [0.1, 0.15) is 0 Å². The van der Waals surface area contributed by atoms with Crippen LogP contribution in [0.25, 0.3) is 11.3 Å². The van der Waals surface area contributed by atoms with E-state index in [4.69, 9.17) is 9.72 Å². The van der Waals surface area contributed by atoms with E-state index in [9.17, 15) is 4.79 Å². The van der Waals surface area contributed by atoms with Crippen LogP contribution in [-0.2, 0) is 11.2 Å². The molecule has 1 saturated heterocycles. The van der Waals surface area contributed by atoms with E-state index in [0.717, 1.165) is 37.2 Å². The predicted molar refractivity (Wildman–Crippen MR) is 119 cm³/mol. The second-order valence-corrected chi connectivity index (χ2v) is 7.97. The van der Waals surface area contributed by atoms with E-state index in [1.165, 1.54) is 11.1 Å². The minimum Gasteiger partial charge on any atom is -0.378 e. The van der Waals surface area contributed by atoms with Gasteiger partial charge in [-0.3, -0.25) is 9.78 Å². The normalized spacial score (nSPS) is 16.2. The fourth-order valence-corrected chi connectivity index (χ4v) is 4.25. The van der Waals surface area contributed by atoms with Crippen molar-refractivity contribution in [2.45, 2.75) is 19.8 Å². The van der Waals surface area contributed by atoms with Gasteiger partial charge in [0.15, 0.2) is 0 Å². The molecule has 1 aromatic carbocycles. The van der Waals surface area contributed by atoms with Gasteiger partial charge in [-0.2, -0.15) is 0 Å². The van der Waals surface area contributed by atoms with Crippen molar-refractivity contribution in [2.24, 2.45) is 0 Å². The van der Waals surface area contributed by atoms with E-state index in [1.807, 2.05) is 17.0 Å². The van der Waals surface area contributed by atoms with E-state index in [0.29, 0.717) is 37.0 Å². The maximum Gasteiger partial charge on any atom is 0.262 e. The Labute approximate surface area is 181 Å². The van der Waals surface area contributed by atoms with Crippen LogP contribution in [0.4, 0.5) is 11.6 Å². The van der Waals surface area contributed by atoms with Crippen LogP contribution < -0.4 is 9.80 Å². The highest BCUT2D eigenvalue weighted by Gasteiger charge is 2.27. The van der Waals surface area contributed by atoms with Gasteiger partial charge in [-0.25, -0.2) is 9.97 Å². The molecule has 4 heterocycles. The SMILES string of the molecule is Cc1ccc2c(c1)CCCN2C(=O)c1cnc(N2CCOCC2)nc1-c1cccnc1. The lowest BCUT2D eigenvalue weighted by Crippen LogP contribution is -2.38. The number of pyridine rings is 1. The molecule has 1 amide bonds. The Kier molecular flexibility index (Phi) is 5.34. The van der Waals surface area contributed by atoms with Crippen LogP contribution in [0.1, 0.15) is 27.9 Å². The number of benzene rings is 1. The molecule has 0 unspecified atom stereocenters. The number of carbonyl (C=O) groups is 1. The van der Waals surface area contributed by atoms with Crippen LogP contribution >= 0.6 is 0 Å². The molecule has 0 atom stereocenters. The third-order valence-corrected chi connectivity index (χ3v) is 5.83. The van der Waals surface area contributed by atoms with Gasteiger partial charge in [0.2, 0.25) is 5.95 Å². The molecular formula is C24H25N5O2. The molecule has 3 aromatic rings. The molecule has 7 nitrogen and oxygen atoms in total. The first-order valence-electron chi connectivity index (χ1n) is 10.7. The first kappa shape index (κ1) is 19.6. The standard InChI is InChI=1S/C24H25N5O2/c1-17-6-7-21-18(14-17)5-3-9-29(21)23(30)20-16-26-24(28-10-12-31-13-11-28)27-22(20)19-4-2-8-25-15-19/h2,4,6-8,14-16H,3,5,9-13H2,1H3. The summed E-state index contributed by atoms with van der Waals surface area (Å²) in [5, 5.41) is 0. The fourth-order valence-electron chi connectivity index (χ4n) is 4.25. The molecule has 0 saturated carbocycles. The number of anilines is 2. The highest BCUT2D eigenvalue weighted by molar-refractivity contribution is 6.10. The maximum atomic E-state index is 13.7. The zero-order valence-corrected chi connectivity index (χ0v) is 17.6. The van der Waals surface area contributed by atoms with E-state index >= 15 is 0 Å². The van der Waals surface area contributed by atoms with Crippen molar-refractivity contribution in [3.63, 3.8) is 0 Å². The molecule has 2 aliphatic rings. The van der Waals surface area contributed by atoms with Crippen LogP contribution in [0, 0.1) is 6.92 Å². The van der Waals surface area contributed by atoms with Crippen LogP contribution in [0.15, 0.2) is 48.9 Å². The number of rotatable bonds is 3. The topological polar surface area (TPSA) is 71.5 Å². The Morgan fingerprint density at radius 3 is 2.77 bits per heavy atom. The number of ether oxygens (including phenoxy) is 1. The highest BCUT2D eigenvalue weighted by Crippen LogP contribution is 2.31. The van der Waals surface area contributed by atoms with E-state index < -0.39 is 0 Å². The van der Waals surface area contributed by atoms with Gasteiger partial charge in [0.05, 0.1) is 24.5 Å². The molecule has 0 N–H and O–H groups in total. The van der Waals surface area contributed by atoms with Crippen LogP contribution in [0.2, 0.25) is 0 Å². The van der Waals surface area contributed by atoms with Gasteiger partial charge in [0.25, 0.3) is 5.91 Å². The molecule has 2 aliphatic heterocycles. The minimum absolute atomic E-state index is 0.0721. The molecule has 1 fully saturated rings. The minimum atomic E-state index is -0.0721. The quantitative estimate of drug-likeness (QED) is 0.654. The molecule has 0 spiro atoms. The summed E-state index contributed by atoms with van der Waals surface area (Å²) < 4.78 is 5.45. The van der Waals surface area contributed by atoms with Crippen molar-refractivity contribution in [1.29, 1.82) is 0 Å². The monoisotopic (exact) mass is 415 g/mol. The number of carbonyl (C=O) groups excluding carboxylic acids is 1. The van der Waals surface area contributed by atoms with E-state index in [1.54, 1.807) is 18.6 Å². The van der Waals surface area contributed by atoms with Gasteiger partial charge >= 0.3 is 0 Å². The molecule has 31 heavy (non-hydrogen) atoms. The van der Waals surface area contributed by atoms with Gasteiger partial charge in [0, 0.05) is 49.5 Å². The average Bonchev–Trinajstić information content (AvgIpc) is 2.84. The number of morpholine rings is 1. The van der Waals surface area contributed by atoms with Crippen LogP contribution in [-0.4, -0.2) is 53.7 Å².